The summed E-state index contributed by atoms with van der Waals surface area (Å²) in [5, 5.41) is 10.2. The molecule has 1 heterocycles. The summed E-state index contributed by atoms with van der Waals surface area (Å²) in [6.45, 7) is 11.1. The molecular weight excluding hydrogens is 382 g/mol. The van der Waals surface area contributed by atoms with Crippen molar-refractivity contribution >= 4 is 0 Å². The van der Waals surface area contributed by atoms with Gasteiger partial charge >= 0.3 is 0 Å². The maximum absolute atomic E-state index is 10.2. The number of nitrogens with zero attached hydrogens (tertiary/aromatic N) is 1. The zero-order valence-electron chi connectivity index (χ0n) is 19.7. The molecule has 0 spiro atoms. The smallest absolute Gasteiger partial charge is 0.0787 e. The fourth-order valence-corrected chi connectivity index (χ4v) is 7.42. The summed E-state index contributed by atoms with van der Waals surface area (Å²) in [4.78, 5) is 2.78. The minimum atomic E-state index is -0.328. The van der Waals surface area contributed by atoms with Crippen LogP contribution in [0.5, 0.6) is 0 Å². The maximum Gasteiger partial charge on any atom is 0.0787 e. The van der Waals surface area contributed by atoms with Crippen LogP contribution in [0.15, 0.2) is 35.5 Å². The molecule has 1 aliphatic heterocycles. The molecule has 0 aromatic heterocycles. The highest BCUT2D eigenvalue weighted by Crippen LogP contribution is 2.58. The number of hydrogen-bond acceptors (Lipinski definition) is 3. The second-order valence-electron chi connectivity index (χ2n) is 11.4. The highest BCUT2D eigenvalue weighted by molar-refractivity contribution is 5.37. The van der Waals surface area contributed by atoms with E-state index in [2.05, 4.69) is 30.6 Å². The second-order valence-corrected chi connectivity index (χ2v) is 11.4. The molecular formula is C28H43NO2. The average molecular weight is 426 g/mol. The SMILES string of the molecule is C=C1/C(=C\C=C2/CCCC3(C)C(CCN4CCOCC4C4CC4)CCC23)CCCC1O. The van der Waals surface area contributed by atoms with E-state index in [1.807, 2.05) is 0 Å². The Morgan fingerprint density at radius 3 is 2.84 bits per heavy atom. The normalized spacial score (nSPS) is 42.3. The molecule has 1 N–H and O–H groups in total. The largest absolute Gasteiger partial charge is 0.388 e. The molecule has 0 aromatic carbocycles. The molecule has 3 heteroatoms. The Balaban J connectivity index is 1.24. The molecule has 4 saturated carbocycles. The summed E-state index contributed by atoms with van der Waals surface area (Å²) >= 11 is 0. The van der Waals surface area contributed by atoms with Gasteiger partial charge in [0.25, 0.3) is 0 Å². The van der Waals surface area contributed by atoms with E-state index >= 15 is 0 Å². The first-order chi connectivity index (χ1) is 15.1. The number of fused-ring (bicyclic) bond motifs is 1. The van der Waals surface area contributed by atoms with E-state index in [-0.39, 0.29) is 6.10 Å². The Bertz CT molecular complexity index is 735. The van der Waals surface area contributed by atoms with Crippen LogP contribution in [0, 0.1) is 23.2 Å². The lowest BCUT2D eigenvalue weighted by atomic mass is 9.63. The molecule has 5 rings (SSSR count). The van der Waals surface area contributed by atoms with Crippen molar-refractivity contribution in [3.63, 3.8) is 0 Å². The number of morpholine rings is 1. The van der Waals surface area contributed by atoms with Gasteiger partial charge in [0.2, 0.25) is 0 Å². The molecule has 5 fully saturated rings. The lowest BCUT2D eigenvalue weighted by Gasteiger charge is -2.43. The first-order valence-electron chi connectivity index (χ1n) is 13.1. The summed E-state index contributed by atoms with van der Waals surface area (Å²) in [5.74, 6) is 2.54. The van der Waals surface area contributed by atoms with Gasteiger partial charge in [-0.15, -0.1) is 0 Å². The van der Waals surface area contributed by atoms with Crippen molar-refractivity contribution < 1.29 is 9.84 Å². The van der Waals surface area contributed by atoms with Gasteiger partial charge in [-0.25, -0.2) is 0 Å². The third kappa shape index (κ3) is 4.48. The van der Waals surface area contributed by atoms with Crippen LogP contribution in [-0.4, -0.2) is 48.5 Å². The topological polar surface area (TPSA) is 32.7 Å². The molecule has 0 aromatic rings. The lowest BCUT2D eigenvalue weighted by molar-refractivity contribution is -0.0208. The Labute approximate surface area is 189 Å². The van der Waals surface area contributed by atoms with Crippen molar-refractivity contribution in [3.8, 4) is 0 Å². The van der Waals surface area contributed by atoms with Crippen molar-refractivity contribution in [1.29, 1.82) is 0 Å². The summed E-state index contributed by atoms with van der Waals surface area (Å²) in [6, 6.07) is 0.700. The van der Waals surface area contributed by atoms with Crippen LogP contribution in [0.2, 0.25) is 0 Å². The quantitative estimate of drug-likeness (QED) is 0.617. The summed E-state index contributed by atoms with van der Waals surface area (Å²) in [5.41, 5.74) is 4.40. The molecule has 1 saturated heterocycles. The predicted octanol–water partition coefficient (Wildman–Crippen LogP) is 5.66. The molecule has 0 amide bonds. The lowest BCUT2D eigenvalue weighted by Crippen LogP contribution is -2.47. The number of allylic oxidation sites excluding steroid dienone is 3. The first-order valence-corrected chi connectivity index (χ1v) is 13.1. The first kappa shape index (κ1) is 21.9. The van der Waals surface area contributed by atoms with Crippen molar-refractivity contribution in [2.75, 3.05) is 26.3 Å². The summed E-state index contributed by atoms with van der Waals surface area (Å²) in [7, 11) is 0. The van der Waals surface area contributed by atoms with E-state index in [1.165, 1.54) is 63.5 Å². The molecule has 3 nitrogen and oxygen atoms in total. The van der Waals surface area contributed by atoms with Crippen LogP contribution in [0.3, 0.4) is 0 Å². The van der Waals surface area contributed by atoms with E-state index in [0.717, 1.165) is 62.3 Å². The molecule has 0 bridgehead atoms. The second kappa shape index (κ2) is 9.15. The van der Waals surface area contributed by atoms with Crippen molar-refractivity contribution in [2.45, 2.75) is 89.7 Å². The maximum atomic E-state index is 10.2. The Morgan fingerprint density at radius 1 is 1.13 bits per heavy atom. The van der Waals surface area contributed by atoms with Crippen LogP contribution in [0.25, 0.3) is 0 Å². The van der Waals surface area contributed by atoms with Crippen molar-refractivity contribution in [3.05, 3.63) is 35.5 Å². The van der Waals surface area contributed by atoms with Crippen LogP contribution >= 0.6 is 0 Å². The Hall–Kier alpha value is -0.900. The van der Waals surface area contributed by atoms with Gasteiger partial charge < -0.3 is 9.84 Å². The van der Waals surface area contributed by atoms with E-state index in [9.17, 15) is 5.11 Å². The molecule has 4 aliphatic carbocycles. The van der Waals surface area contributed by atoms with Crippen LogP contribution in [0.1, 0.15) is 77.6 Å². The van der Waals surface area contributed by atoms with Gasteiger partial charge in [0.15, 0.2) is 0 Å². The standard InChI is InChI=1S/C28H43NO2/c1-20-21(5-3-7-27(20)30)8-9-22-6-4-15-28(2)24(12-13-25(22)28)14-16-29-17-18-31-19-26(29)23-10-11-23/h8-9,23-27,30H,1,3-7,10-19H2,2H3/b21-8-,22-9+. The number of rotatable bonds is 5. The molecule has 5 atom stereocenters. The zero-order chi connectivity index (χ0) is 21.4. The Morgan fingerprint density at radius 2 is 2.00 bits per heavy atom. The van der Waals surface area contributed by atoms with Gasteiger partial charge in [0.1, 0.15) is 0 Å². The van der Waals surface area contributed by atoms with Gasteiger partial charge in [-0.3, -0.25) is 4.90 Å². The number of aliphatic hydroxyl groups is 1. The highest BCUT2D eigenvalue weighted by atomic mass is 16.5. The fraction of sp³-hybridized carbons (Fsp3) is 0.786. The number of aliphatic hydroxyl groups excluding tert-OH is 1. The van der Waals surface area contributed by atoms with E-state index < -0.39 is 0 Å². The zero-order valence-corrected chi connectivity index (χ0v) is 19.7. The minimum absolute atomic E-state index is 0.328. The number of hydrogen-bond donors (Lipinski definition) is 1. The fourth-order valence-electron chi connectivity index (χ4n) is 7.42. The molecule has 5 aliphatic rings. The van der Waals surface area contributed by atoms with E-state index in [4.69, 9.17) is 4.74 Å². The third-order valence-corrected chi connectivity index (χ3v) is 9.61. The van der Waals surface area contributed by atoms with Crippen LogP contribution < -0.4 is 0 Å². The average Bonchev–Trinajstić information content (AvgIpc) is 3.56. The van der Waals surface area contributed by atoms with Crippen molar-refractivity contribution in [2.24, 2.45) is 23.2 Å². The number of ether oxygens (including phenoxy) is 1. The van der Waals surface area contributed by atoms with E-state index in [1.54, 1.807) is 5.57 Å². The molecule has 5 unspecified atom stereocenters. The predicted molar refractivity (Wildman–Crippen MR) is 127 cm³/mol. The monoisotopic (exact) mass is 425 g/mol. The van der Waals surface area contributed by atoms with Gasteiger partial charge in [0.05, 0.1) is 19.3 Å². The Kier molecular flexibility index (Phi) is 6.47. The van der Waals surface area contributed by atoms with Crippen LogP contribution in [0.4, 0.5) is 0 Å². The molecule has 172 valence electrons. The summed E-state index contributed by atoms with van der Waals surface area (Å²) < 4.78 is 5.82. The van der Waals surface area contributed by atoms with Gasteiger partial charge in [-0.05, 0) is 111 Å². The highest BCUT2D eigenvalue weighted by Gasteiger charge is 2.49. The van der Waals surface area contributed by atoms with Gasteiger partial charge in [-0.2, -0.15) is 0 Å². The minimum Gasteiger partial charge on any atom is -0.388 e. The van der Waals surface area contributed by atoms with E-state index in [0.29, 0.717) is 11.5 Å². The summed E-state index contributed by atoms with van der Waals surface area (Å²) in [6.07, 6.45) is 18.4. The molecule has 0 radical (unpaired) electrons. The van der Waals surface area contributed by atoms with Crippen molar-refractivity contribution in [1.82, 2.24) is 4.90 Å². The van der Waals surface area contributed by atoms with Gasteiger partial charge in [0, 0.05) is 12.6 Å². The van der Waals surface area contributed by atoms with Crippen LogP contribution in [-0.2, 0) is 4.74 Å². The van der Waals surface area contributed by atoms with Gasteiger partial charge in [-0.1, -0.05) is 31.2 Å². The third-order valence-electron chi connectivity index (χ3n) is 9.61. The molecule has 31 heavy (non-hydrogen) atoms.